The van der Waals surface area contributed by atoms with Crippen LogP contribution in [0.25, 0.3) is 0 Å². The molecule has 0 aliphatic rings. The quantitative estimate of drug-likeness (QED) is 0.835. The highest BCUT2D eigenvalue weighted by molar-refractivity contribution is 7.91. The minimum Gasteiger partial charge on any atom is -0.314 e. The van der Waals surface area contributed by atoms with Gasteiger partial charge >= 0.3 is 0 Å². The van der Waals surface area contributed by atoms with Crippen LogP contribution in [-0.4, -0.2) is 38.9 Å². The second kappa shape index (κ2) is 6.65. The van der Waals surface area contributed by atoms with Crippen LogP contribution in [-0.2, 0) is 16.4 Å². The van der Waals surface area contributed by atoms with Gasteiger partial charge in [-0.25, -0.2) is 12.7 Å². The van der Waals surface area contributed by atoms with E-state index in [1.54, 1.807) is 13.1 Å². The van der Waals surface area contributed by atoms with E-state index in [1.807, 2.05) is 13.0 Å². The molecule has 0 fully saturated rings. The van der Waals surface area contributed by atoms with E-state index in [0.717, 1.165) is 17.8 Å². The highest BCUT2D eigenvalue weighted by atomic mass is 32.2. The molecule has 1 heterocycles. The highest BCUT2D eigenvalue weighted by Gasteiger charge is 2.21. The molecule has 1 N–H and O–H groups in total. The molecule has 0 unspecified atom stereocenters. The van der Waals surface area contributed by atoms with Crippen molar-refractivity contribution in [1.82, 2.24) is 9.62 Å². The smallest absolute Gasteiger partial charge is 0.252 e. The van der Waals surface area contributed by atoms with E-state index < -0.39 is 10.0 Å². The lowest BCUT2D eigenvalue weighted by Gasteiger charge is -2.12. The maximum Gasteiger partial charge on any atom is 0.252 e. The van der Waals surface area contributed by atoms with Crippen molar-refractivity contribution in [3.8, 4) is 0 Å². The molecule has 4 nitrogen and oxygen atoms in total. The first-order chi connectivity index (χ1) is 8.37. The molecule has 0 atom stereocenters. The molecule has 18 heavy (non-hydrogen) atoms. The average molecular weight is 290 g/mol. The molecule has 1 aromatic heterocycles. The van der Waals surface area contributed by atoms with Gasteiger partial charge in [-0.05, 0) is 18.6 Å². The fourth-order valence-electron chi connectivity index (χ4n) is 1.44. The number of sulfonamides is 1. The van der Waals surface area contributed by atoms with Gasteiger partial charge in [0, 0.05) is 31.1 Å². The summed E-state index contributed by atoms with van der Waals surface area (Å²) in [4.78, 5) is 1.10. The third-order valence-corrected chi connectivity index (χ3v) is 6.22. The minimum atomic E-state index is -3.28. The summed E-state index contributed by atoms with van der Waals surface area (Å²) in [5.74, 6) is 0. The molecule has 0 radical (unpaired) electrons. The molecule has 6 heteroatoms. The second-order valence-corrected chi connectivity index (χ2v) is 7.94. The van der Waals surface area contributed by atoms with E-state index >= 15 is 0 Å². The first kappa shape index (κ1) is 15.6. The summed E-state index contributed by atoms with van der Waals surface area (Å²) in [5, 5.41) is 3.32. The van der Waals surface area contributed by atoms with Crippen LogP contribution in [0.1, 0.15) is 25.6 Å². The van der Waals surface area contributed by atoms with Crippen LogP contribution >= 0.6 is 11.3 Å². The summed E-state index contributed by atoms with van der Waals surface area (Å²) in [6.45, 7) is 7.39. The van der Waals surface area contributed by atoms with Crippen molar-refractivity contribution in [3.63, 3.8) is 0 Å². The molecule has 0 bridgehead atoms. The summed E-state index contributed by atoms with van der Waals surface area (Å²) in [7, 11) is -1.67. The first-order valence-corrected chi connectivity index (χ1v) is 8.42. The van der Waals surface area contributed by atoms with Gasteiger partial charge in [-0.2, -0.15) is 0 Å². The van der Waals surface area contributed by atoms with Crippen molar-refractivity contribution in [3.05, 3.63) is 17.0 Å². The third-order valence-electron chi connectivity index (χ3n) is 2.67. The van der Waals surface area contributed by atoms with Crippen LogP contribution < -0.4 is 5.32 Å². The van der Waals surface area contributed by atoms with Gasteiger partial charge in [-0.15, -0.1) is 11.3 Å². The monoisotopic (exact) mass is 290 g/mol. The van der Waals surface area contributed by atoms with Gasteiger partial charge < -0.3 is 5.32 Å². The molecule has 0 aliphatic heterocycles. The molecule has 0 spiro atoms. The zero-order chi connectivity index (χ0) is 13.8. The molecule has 0 saturated heterocycles. The Kier molecular flexibility index (Phi) is 5.78. The summed E-state index contributed by atoms with van der Waals surface area (Å²) >= 11 is 1.37. The molecule has 1 aromatic rings. The van der Waals surface area contributed by atoms with Gasteiger partial charge in [0.2, 0.25) is 0 Å². The maximum atomic E-state index is 12.1. The predicted molar refractivity (Wildman–Crippen MR) is 76.7 cm³/mol. The number of thiophene rings is 1. The molecular weight excluding hydrogens is 268 g/mol. The Morgan fingerprint density at radius 2 is 2.06 bits per heavy atom. The molecule has 0 saturated carbocycles. The van der Waals surface area contributed by atoms with Gasteiger partial charge in [0.25, 0.3) is 10.0 Å². The Labute approximate surface area is 114 Å². The Hall–Kier alpha value is -0.430. The number of rotatable bonds is 7. The molecule has 0 aromatic carbocycles. The molecule has 1 rings (SSSR count). The fraction of sp³-hybridized carbons (Fsp3) is 0.667. The van der Waals surface area contributed by atoms with Crippen LogP contribution in [0.3, 0.4) is 0 Å². The lowest BCUT2D eigenvalue weighted by molar-refractivity contribution is 0.488. The van der Waals surface area contributed by atoms with Crippen molar-refractivity contribution < 1.29 is 8.42 Å². The number of hydrogen-bond acceptors (Lipinski definition) is 4. The van der Waals surface area contributed by atoms with Gasteiger partial charge in [0.1, 0.15) is 4.21 Å². The van der Waals surface area contributed by atoms with E-state index in [4.69, 9.17) is 0 Å². The van der Waals surface area contributed by atoms with Crippen molar-refractivity contribution >= 4 is 21.4 Å². The summed E-state index contributed by atoms with van der Waals surface area (Å²) in [6, 6.07) is 4.07. The standard InChI is InChI=1S/C12H22N2O2S2/c1-5-14(4)18(15,16)12-7-6-11(17-12)8-9-13-10(2)3/h6-7,10,13H,5,8-9H2,1-4H3. The Morgan fingerprint density at radius 1 is 1.39 bits per heavy atom. The zero-order valence-electron chi connectivity index (χ0n) is 11.4. The van der Waals surface area contributed by atoms with E-state index in [0.29, 0.717) is 16.8 Å². The average Bonchev–Trinajstić information content (AvgIpc) is 2.76. The van der Waals surface area contributed by atoms with Crippen LogP contribution in [0, 0.1) is 0 Å². The Morgan fingerprint density at radius 3 is 2.61 bits per heavy atom. The molecule has 0 aliphatic carbocycles. The van der Waals surface area contributed by atoms with Gasteiger partial charge in [0.05, 0.1) is 0 Å². The molecular formula is C12H22N2O2S2. The van der Waals surface area contributed by atoms with Crippen LogP contribution in [0.15, 0.2) is 16.3 Å². The normalized spacial score (nSPS) is 12.6. The lowest BCUT2D eigenvalue weighted by atomic mass is 10.3. The maximum absolute atomic E-state index is 12.1. The summed E-state index contributed by atoms with van der Waals surface area (Å²) in [6.07, 6.45) is 0.869. The number of hydrogen-bond donors (Lipinski definition) is 1. The van der Waals surface area contributed by atoms with Crippen molar-refractivity contribution in [2.75, 3.05) is 20.1 Å². The number of nitrogens with zero attached hydrogens (tertiary/aromatic N) is 1. The molecule has 104 valence electrons. The van der Waals surface area contributed by atoms with E-state index in [9.17, 15) is 8.42 Å². The fourth-order valence-corrected chi connectivity index (χ4v) is 4.18. The van der Waals surface area contributed by atoms with Crippen molar-refractivity contribution in [2.24, 2.45) is 0 Å². The van der Waals surface area contributed by atoms with Gasteiger partial charge in [-0.3, -0.25) is 0 Å². The zero-order valence-corrected chi connectivity index (χ0v) is 13.1. The summed E-state index contributed by atoms with van der Waals surface area (Å²) < 4.78 is 26.0. The Balaban J connectivity index is 2.69. The Bertz CT molecular complexity index is 466. The van der Waals surface area contributed by atoms with E-state index in [-0.39, 0.29) is 0 Å². The predicted octanol–water partition coefficient (Wildman–Crippen LogP) is 1.93. The van der Waals surface area contributed by atoms with Crippen molar-refractivity contribution in [1.29, 1.82) is 0 Å². The number of nitrogens with one attached hydrogen (secondary N) is 1. The van der Waals surface area contributed by atoms with Crippen LogP contribution in [0.4, 0.5) is 0 Å². The second-order valence-electron chi connectivity index (χ2n) is 4.50. The van der Waals surface area contributed by atoms with Gasteiger partial charge in [0.15, 0.2) is 0 Å². The summed E-state index contributed by atoms with van der Waals surface area (Å²) in [5.41, 5.74) is 0. The van der Waals surface area contributed by atoms with Crippen LogP contribution in [0.5, 0.6) is 0 Å². The SMILES string of the molecule is CCN(C)S(=O)(=O)c1ccc(CCNC(C)C)s1. The largest absolute Gasteiger partial charge is 0.314 e. The lowest BCUT2D eigenvalue weighted by Crippen LogP contribution is -2.25. The molecule has 0 amide bonds. The first-order valence-electron chi connectivity index (χ1n) is 6.16. The van der Waals surface area contributed by atoms with Crippen molar-refractivity contribution in [2.45, 2.75) is 37.4 Å². The third kappa shape index (κ3) is 4.05. The van der Waals surface area contributed by atoms with E-state index in [1.165, 1.54) is 15.6 Å². The minimum absolute atomic E-state index is 0.436. The van der Waals surface area contributed by atoms with Crippen LogP contribution in [0.2, 0.25) is 0 Å². The van der Waals surface area contributed by atoms with E-state index in [2.05, 4.69) is 19.2 Å². The topological polar surface area (TPSA) is 49.4 Å². The van der Waals surface area contributed by atoms with Gasteiger partial charge in [-0.1, -0.05) is 20.8 Å². The highest BCUT2D eigenvalue weighted by Crippen LogP contribution is 2.24.